The zero-order chi connectivity index (χ0) is 46.8. The molecule has 6 amide bonds. The first-order chi connectivity index (χ1) is 31.2. The number of rotatable bonds is 17. The van der Waals surface area contributed by atoms with E-state index in [1.165, 1.54) is 23.9 Å². The number of hydrogen-bond acceptors (Lipinski definition) is 8. The number of carbonyl (C=O) groups excluding carboxylic acids is 6. The minimum Gasteiger partial charge on any atom is -0.481 e. The summed E-state index contributed by atoms with van der Waals surface area (Å²) in [5, 5.41) is 12.7. The number of benzene rings is 2. The molecule has 4 aliphatic rings. The Labute approximate surface area is 384 Å². The first-order valence-electron chi connectivity index (χ1n) is 23.9. The highest BCUT2D eigenvalue weighted by atomic mass is 16.5. The van der Waals surface area contributed by atoms with Crippen LogP contribution in [0.4, 0.5) is 4.79 Å². The molecular weight excluding hydrogens is 829 g/mol. The van der Waals surface area contributed by atoms with E-state index in [2.05, 4.69) is 17.4 Å². The number of carboxylic acids is 1. The van der Waals surface area contributed by atoms with Crippen LogP contribution in [0.3, 0.4) is 0 Å². The van der Waals surface area contributed by atoms with Gasteiger partial charge in [0.15, 0.2) is 0 Å². The van der Waals surface area contributed by atoms with Crippen molar-refractivity contribution in [3.63, 3.8) is 0 Å². The molecule has 2 aromatic carbocycles. The number of aliphatic carboxylic acids is 1. The molecule has 2 aliphatic carbocycles. The number of alkyl carbamates (subject to hydrolysis) is 1. The Morgan fingerprint density at radius 3 is 1.68 bits per heavy atom. The molecule has 0 unspecified atom stereocenters. The van der Waals surface area contributed by atoms with Crippen LogP contribution in [-0.2, 0) is 33.5 Å². The quantitative estimate of drug-likeness (QED) is 0.196. The molecule has 15 heteroatoms. The van der Waals surface area contributed by atoms with Crippen molar-refractivity contribution in [2.24, 2.45) is 11.8 Å². The number of ether oxygens (including phenoxy) is 1. The van der Waals surface area contributed by atoms with Crippen molar-refractivity contribution in [1.29, 1.82) is 0 Å². The summed E-state index contributed by atoms with van der Waals surface area (Å²) in [4.78, 5) is 105. The Bertz CT molecular complexity index is 1980. The molecule has 0 radical (unpaired) electrons. The normalized spacial score (nSPS) is 18.8. The topological polar surface area (TPSA) is 177 Å². The summed E-state index contributed by atoms with van der Waals surface area (Å²) in [6.45, 7) is 5.71. The van der Waals surface area contributed by atoms with Gasteiger partial charge in [-0.2, -0.15) is 0 Å². The number of amides is 6. The number of likely N-dealkylation sites (N-methyl/N-ethyl adjacent to an activating group) is 3. The number of piperidine rings is 2. The number of nitrogens with zero attached hydrogens (tertiary/aromatic N) is 5. The van der Waals surface area contributed by atoms with Gasteiger partial charge in [-0.25, -0.2) is 4.79 Å². The largest absolute Gasteiger partial charge is 0.481 e. The van der Waals surface area contributed by atoms with Gasteiger partial charge in [0, 0.05) is 53.2 Å². The minimum absolute atomic E-state index is 0.0644. The minimum atomic E-state index is -1.29. The van der Waals surface area contributed by atoms with Gasteiger partial charge in [-0.1, -0.05) is 88.1 Å². The molecule has 1 saturated carbocycles. The maximum absolute atomic E-state index is 15.2. The monoisotopic (exact) mass is 899 g/mol. The van der Waals surface area contributed by atoms with Gasteiger partial charge < -0.3 is 39.7 Å². The van der Waals surface area contributed by atoms with Crippen LogP contribution in [0.2, 0.25) is 0 Å². The van der Waals surface area contributed by atoms with Crippen molar-refractivity contribution in [3.05, 3.63) is 59.7 Å². The van der Waals surface area contributed by atoms with E-state index in [0.717, 1.165) is 84.9 Å². The standard InChI is InChI=1S/C50H70N6O9/c1-6-33(2)44(51-50(64)65-32-39-37-24-14-12-22-35(37)36-23-13-15-25-38(36)39)48(62)54(5)45(34-20-10-7-11-21-34)49(63)53(4)40(46(60)55-26-16-8-17-27-55)30-42(57)52(3)41(31-43(58)59)47(61)56-28-18-9-19-29-56/h12-15,22-25,33-34,39-41,44-45H,6-11,16-21,26-32H2,1-5H3,(H,51,64)(H,58,59)/t33-,40-,41-,44-,45-/m0/s1. The molecule has 0 aromatic heterocycles. The van der Waals surface area contributed by atoms with Crippen LogP contribution < -0.4 is 5.32 Å². The lowest BCUT2D eigenvalue weighted by Gasteiger charge is -2.42. The summed E-state index contributed by atoms with van der Waals surface area (Å²) in [5.74, 6) is -4.48. The molecule has 5 atom stereocenters. The predicted molar refractivity (Wildman–Crippen MR) is 245 cm³/mol. The summed E-state index contributed by atoms with van der Waals surface area (Å²) in [6, 6.07) is 11.5. The van der Waals surface area contributed by atoms with E-state index in [-0.39, 0.29) is 24.4 Å². The lowest BCUT2D eigenvalue weighted by Crippen LogP contribution is -2.61. The third-order valence-corrected chi connectivity index (χ3v) is 14.5. The SMILES string of the molecule is CC[C@H](C)[C@H](NC(=O)OCC1c2ccccc2-c2ccccc21)C(=O)N(C)[C@H](C(=O)N(C)[C@@H](CC(=O)N(C)[C@@H](CC(=O)O)C(=O)N1CCCCC1)C(=O)N1CCCCC1)C1CCCCC1. The molecule has 2 aromatic rings. The molecule has 0 spiro atoms. The van der Waals surface area contributed by atoms with E-state index < -0.39 is 78.6 Å². The molecule has 15 nitrogen and oxygen atoms in total. The van der Waals surface area contributed by atoms with Gasteiger partial charge in [0.05, 0.1) is 12.8 Å². The summed E-state index contributed by atoms with van der Waals surface area (Å²) in [6.07, 6.45) is 7.73. The molecule has 0 bridgehead atoms. The van der Waals surface area contributed by atoms with Crippen LogP contribution in [0.5, 0.6) is 0 Å². The predicted octanol–water partition coefficient (Wildman–Crippen LogP) is 5.89. The van der Waals surface area contributed by atoms with Gasteiger partial charge >= 0.3 is 12.1 Å². The van der Waals surface area contributed by atoms with Crippen molar-refractivity contribution in [1.82, 2.24) is 29.8 Å². The van der Waals surface area contributed by atoms with Gasteiger partial charge in [-0.3, -0.25) is 28.8 Å². The van der Waals surface area contributed by atoms with Gasteiger partial charge in [0.2, 0.25) is 29.5 Å². The van der Waals surface area contributed by atoms with Crippen LogP contribution in [0.25, 0.3) is 11.1 Å². The third kappa shape index (κ3) is 11.5. The van der Waals surface area contributed by atoms with Crippen LogP contribution in [0, 0.1) is 11.8 Å². The van der Waals surface area contributed by atoms with E-state index >= 15 is 4.79 Å². The molecule has 2 N–H and O–H groups in total. The zero-order valence-corrected chi connectivity index (χ0v) is 39.0. The van der Waals surface area contributed by atoms with Crippen molar-refractivity contribution in [2.75, 3.05) is 53.9 Å². The molecule has 65 heavy (non-hydrogen) atoms. The van der Waals surface area contributed by atoms with Crippen molar-refractivity contribution < 1.29 is 43.4 Å². The van der Waals surface area contributed by atoms with E-state index in [0.29, 0.717) is 45.4 Å². The Morgan fingerprint density at radius 1 is 0.677 bits per heavy atom. The van der Waals surface area contributed by atoms with Crippen LogP contribution in [0.1, 0.15) is 121 Å². The number of carboxylic acid groups (broad SMARTS) is 1. The zero-order valence-electron chi connectivity index (χ0n) is 39.0. The third-order valence-electron chi connectivity index (χ3n) is 14.5. The van der Waals surface area contributed by atoms with Crippen molar-refractivity contribution >= 4 is 41.6 Å². The number of likely N-dealkylation sites (tertiary alicyclic amines) is 2. The average molecular weight is 899 g/mol. The fraction of sp³-hybridized carbons (Fsp3) is 0.620. The van der Waals surface area contributed by atoms with E-state index in [9.17, 15) is 33.9 Å². The number of carbonyl (C=O) groups is 7. The maximum atomic E-state index is 15.2. The smallest absolute Gasteiger partial charge is 0.407 e. The van der Waals surface area contributed by atoms with Gasteiger partial charge in [-0.15, -0.1) is 0 Å². The Hall–Kier alpha value is -5.47. The van der Waals surface area contributed by atoms with Crippen molar-refractivity contribution in [2.45, 2.75) is 134 Å². The highest BCUT2D eigenvalue weighted by Crippen LogP contribution is 2.44. The number of fused-ring (bicyclic) bond motifs is 3. The molecule has 354 valence electrons. The molecule has 2 heterocycles. The lowest BCUT2D eigenvalue weighted by atomic mass is 9.82. The van der Waals surface area contributed by atoms with Crippen LogP contribution in [-0.4, -0.2) is 149 Å². The van der Waals surface area contributed by atoms with E-state index in [1.54, 1.807) is 16.8 Å². The molecule has 3 fully saturated rings. The first-order valence-corrected chi connectivity index (χ1v) is 23.9. The fourth-order valence-electron chi connectivity index (χ4n) is 10.4. The summed E-state index contributed by atoms with van der Waals surface area (Å²) < 4.78 is 5.89. The molecule has 6 rings (SSSR count). The highest BCUT2D eigenvalue weighted by molar-refractivity contribution is 5.97. The summed E-state index contributed by atoms with van der Waals surface area (Å²) >= 11 is 0. The maximum Gasteiger partial charge on any atom is 0.407 e. The number of nitrogens with one attached hydrogen (secondary N) is 1. The fourth-order valence-corrected chi connectivity index (χ4v) is 10.4. The Kier molecular flexibility index (Phi) is 17.0. The summed E-state index contributed by atoms with van der Waals surface area (Å²) in [7, 11) is 4.45. The van der Waals surface area contributed by atoms with Gasteiger partial charge in [0.25, 0.3) is 0 Å². The molecule has 2 aliphatic heterocycles. The second kappa shape index (κ2) is 22.6. The first kappa shape index (κ1) is 49.0. The Balaban J connectivity index is 1.23. The highest BCUT2D eigenvalue weighted by Gasteiger charge is 2.44. The van der Waals surface area contributed by atoms with E-state index in [4.69, 9.17) is 4.74 Å². The lowest BCUT2D eigenvalue weighted by molar-refractivity contribution is -0.156. The second-order valence-electron chi connectivity index (χ2n) is 18.7. The van der Waals surface area contributed by atoms with Gasteiger partial charge in [-0.05, 0) is 85.5 Å². The van der Waals surface area contributed by atoms with Crippen LogP contribution >= 0.6 is 0 Å². The summed E-state index contributed by atoms with van der Waals surface area (Å²) in [5.41, 5.74) is 4.31. The number of hydrogen-bond donors (Lipinski definition) is 2. The van der Waals surface area contributed by atoms with Crippen LogP contribution in [0.15, 0.2) is 48.5 Å². The van der Waals surface area contributed by atoms with E-state index in [1.807, 2.05) is 50.2 Å². The second-order valence-corrected chi connectivity index (χ2v) is 18.7. The molecular formula is C50H70N6O9. The Morgan fingerprint density at radius 2 is 1.17 bits per heavy atom. The molecule has 2 saturated heterocycles. The van der Waals surface area contributed by atoms with Crippen molar-refractivity contribution in [3.8, 4) is 11.1 Å². The average Bonchev–Trinajstić information content (AvgIpc) is 3.66. The van der Waals surface area contributed by atoms with Gasteiger partial charge in [0.1, 0.15) is 30.8 Å².